The molecule has 0 aliphatic carbocycles. The van der Waals surface area contributed by atoms with Crippen LogP contribution in [0.2, 0.25) is 0 Å². The molecule has 3 rings (SSSR count). The van der Waals surface area contributed by atoms with Crippen molar-refractivity contribution in [2.45, 2.75) is 26.5 Å². The van der Waals surface area contributed by atoms with Gasteiger partial charge in [0.1, 0.15) is 12.4 Å². The number of hydrogen-bond donors (Lipinski definition) is 1. The maximum atomic E-state index is 5.96. The van der Waals surface area contributed by atoms with Gasteiger partial charge in [0.25, 0.3) is 0 Å². The summed E-state index contributed by atoms with van der Waals surface area (Å²) in [7, 11) is 0. The number of nitrogens with zero attached hydrogens (tertiary/aromatic N) is 2. The van der Waals surface area contributed by atoms with E-state index in [-0.39, 0.29) is 23.9 Å². The van der Waals surface area contributed by atoms with Crippen LogP contribution in [0.3, 0.4) is 0 Å². The van der Waals surface area contributed by atoms with Crippen LogP contribution in [0.25, 0.3) is 0 Å². The van der Waals surface area contributed by atoms with E-state index in [9.17, 15) is 0 Å². The Kier molecular flexibility index (Phi) is 8.86. The van der Waals surface area contributed by atoms with Gasteiger partial charge in [-0.15, -0.1) is 12.4 Å². The minimum atomic E-state index is 0. The molecule has 1 aromatic heterocycles. The zero-order valence-electron chi connectivity index (χ0n) is 14.9. The molecule has 0 bridgehead atoms. The molecular weight excluding hydrogens is 338 g/mol. The summed E-state index contributed by atoms with van der Waals surface area (Å²) in [5, 5.41) is 3.71. The molecule has 1 aromatic carbocycles. The van der Waals surface area contributed by atoms with E-state index < -0.39 is 0 Å². The van der Waals surface area contributed by atoms with Gasteiger partial charge in [0.2, 0.25) is 0 Å². The molecule has 0 saturated heterocycles. The molecule has 25 heavy (non-hydrogen) atoms. The van der Waals surface area contributed by atoms with Crippen molar-refractivity contribution in [1.29, 1.82) is 0 Å². The van der Waals surface area contributed by atoms with Gasteiger partial charge in [0.05, 0.1) is 11.7 Å². The second kappa shape index (κ2) is 10.4. The lowest BCUT2D eigenvalue weighted by atomic mass is 9.97. The standard InChI is InChI=1S/C19H25N3O.ClH.H2O/c1-3-22(4-2)13-12-21-19-15-9-7-11-20-17(15)14-23-18-10-6-5-8-16(18)19;;/h5-11,19,21H,3-4,12-14H2,1-2H3;1H;1H2. The van der Waals surface area contributed by atoms with Crippen LogP contribution in [0.1, 0.15) is 36.7 Å². The molecule has 1 aliphatic heterocycles. The Hall–Kier alpha value is -1.66. The maximum absolute atomic E-state index is 5.96. The normalized spacial score (nSPS) is 15.1. The van der Waals surface area contributed by atoms with E-state index in [2.05, 4.69) is 47.2 Å². The maximum Gasteiger partial charge on any atom is 0.131 e. The number of aromatic nitrogens is 1. The molecule has 138 valence electrons. The summed E-state index contributed by atoms with van der Waals surface area (Å²) in [6.07, 6.45) is 1.84. The minimum absolute atomic E-state index is 0. The highest BCUT2D eigenvalue weighted by atomic mass is 35.5. The fourth-order valence-corrected chi connectivity index (χ4v) is 3.12. The topological polar surface area (TPSA) is 68.9 Å². The second-order valence-corrected chi connectivity index (χ2v) is 5.78. The summed E-state index contributed by atoms with van der Waals surface area (Å²) in [5.74, 6) is 0.950. The van der Waals surface area contributed by atoms with E-state index in [0.29, 0.717) is 6.61 Å². The smallest absolute Gasteiger partial charge is 0.131 e. The number of ether oxygens (including phenoxy) is 1. The highest BCUT2D eigenvalue weighted by Crippen LogP contribution is 2.34. The third-order valence-electron chi connectivity index (χ3n) is 4.50. The van der Waals surface area contributed by atoms with Crippen LogP contribution in [0.4, 0.5) is 0 Å². The Labute approximate surface area is 156 Å². The zero-order chi connectivity index (χ0) is 16.1. The molecule has 2 aromatic rings. The molecule has 1 aliphatic rings. The Morgan fingerprint density at radius 1 is 1.12 bits per heavy atom. The van der Waals surface area contributed by atoms with E-state index in [0.717, 1.165) is 37.6 Å². The summed E-state index contributed by atoms with van der Waals surface area (Å²) >= 11 is 0. The van der Waals surface area contributed by atoms with Crippen LogP contribution < -0.4 is 10.1 Å². The number of pyridine rings is 1. The van der Waals surface area contributed by atoms with E-state index in [1.807, 2.05) is 24.4 Å². The average Bonchev–Trinajstić information content (AvgIpc) is 2.76. The Bertz CT molecular complexity index is 603. The lowest BCUT2D eigenvalue weighted by Gasteiger charge is -2.23. The molecule has 0 spiro atoms. The van der Waals surface area contributed by atoms with Gasteiger partial charge in [-0.05, 0) is 30.8 Å². The van der Waals surface area contributed by atoms with E-state index in [1.165, 1.54) is 11.1 Å². The first-order valence-electron chi connectivity index (χ1n) is 8.44. The number of likely N-dealkylation sites (N-methyl/N-ethyl adjacent to an activating group) is 1. The number of para-hydroxylation sites is 1. The Morgan fingerprint density at radius 3 is 2.60 bits per heavy atom. The highest BCUT2D eigenvalue weighted by Gasteiger charge is 2.24. The van der Waals surface area contributed by atoms with Gasteiger partial charge in [-0.25, -0.2) is 0 Å². The third kappa shape index (κ3) is 4.92. The molecular formula is C19H28ClN3O2. The highest BCUT2D eigenvalue weighted by molar-refractivity contribution is 5.85. The van der Waals surface area contributed by atoms with Crippen LogP contribution in [-0.4, -0.2) is 41.5 Å². The van der Waals surface area contributed by atoms with Crippen molar-refractivity contribution in [2.24, 2.45) is 0 Å². The molecule has 1 unspecified atom stereocenters. The van der Waals surface area contributed by atoms with Crippen molar-refractivity contribution in [3.63, 3.8) is 0 Å². The summed E-state index contributed by atoms with van der Waals surface area (Å²) in [6, 6.07) is 12.6. The average molecular weight is 366 g/mol. The van der Waals surface area contributed by atoms with Crippen molar-refractivity contribution in [2.75, 3.05) is 26.2 Å². The van der Waals surface area contributed by atoms with Crippen LogP contribution in [0.15, 0.2) is 42.6 Å². The molecule has 0 saturated carbocycles. The predicted molar refractivity (Wildman–Crippen MR) is 104 cm³/mol. The molecule has 3 N–H and O–H groups in total. The third-order valence-corrected chi connectivity index (χ3v) is 4.50. The molecule has 6 heteroatoms. The van der Waals surface area contributed by atoms with Crippen LogP contribution in [-0.2, 0) is 6.61 Å². The zero-order valence-corrected chi connectivity index (χ0v) is 15.7. The monoisotopic (exact) mass is 365 g/mol. The van der Waals surface area contributed by atoms with Gasteiger partial charge >= 0.3 is 0 Å². The summed E-state index contributed by atoms with van der Waals surface area (Å²) < 4.78 is 5.96. The van der Waals surface area contributed by atoms with Crippen molar-refractivity contribution in [3.8, 4) is 5.75 Å². The van der Waals surface area contributed by atoms with Gasteiger partial charge < -0.3 is 20.4 Å². The first-order chi connectivity index (χ1) is 11.3. The van der Waals surface area contributed by atoms with Crippen molar-refractivity contribution in [3.05, 3.63) is 59.4 Å². The van der Waals surface area contributed by atoms with Crippen molar-refractivity contribution < 1.29 is 10.2 Å². The minimum Gasteiger partial charge on any atom is -0.487 e. The number of benzene rings is 1. The molecule has 1 atom stereocenters. The summed E-state index contributed by atoms with van der Waals surface area (Å²) in [4.78, 5) is 6.94. The lowest BCUT2D eigenvalue weighted by molar-refractivity contribution is 0.297. The molecule has 5 nitrogen and oxygen atoms in total. The molecule has 0 radical (unpaired) electrons. The fourth-order valence-electron chi connectivity index (χ4n) is 3.12. The number of fused-ring (bicyclic) bond motifs is 2. The molecule has 0 fully saturated rings. The van der Waals surface area contributed by atoms with E-state index in [4.69, 9.17) is 4.74 Å². The van der Waals surface area contributed by atoms with Crippen molar-refractivity contribution in [1.82, 2.24) is 15.2 Å². The van der Waals surface area contributed by atoms with E-state index >= 15 is 0 Å². The number of halogens is 1. The van der Waals surface area contributed by atoms with E-state index in [1.54, 1.807) is 0 Å². The predicted octanol–water partition coefficient (Wildman–Crippen LogP) is 2.59. The summed E-state index contributed by atoms with van der Waals surface area (Å²) in [5.41, 5.74) is 3.43. The first-order valence-corrected chi connectivity index (χ1v) is 8.44. The lowest BCUT2D eigenvalue weighted by Crippen LogP contribution is -2.34. The van der Waals surface area contributed by atoms with Gasteiger partial charge in [-0.1, -0.05) is 38.1 Å². The number of nitrogens with one attached hydrogen (secondary N) is 1. The fraction of sp³-hybridized carbons (Fsp3) is 0.421. The van der Waals surface area contributed by atoms with Crippen LogP contribution in [0.5, 0.6) is 5.75 Å². The largest absolute Gasteiger partial charge is 0.487 e. The Morgan fingerprint density at radius 2 is 1.84 bits per heavy atom. The van der Waals surface area contributed by atoms with Gasteiger partial charge in [-0.2, -0.15) is 0 Å². The van der Waals surface area contributed by atoms with Gasteiger partial charge in [-0.3, -0.25) is 4.98 Å². The Balaban J connectivity index is 0.00000156. The van der Waals surface area contributed by atoms with Crippen LogP contribution >= 0.6 is 12.4 Å². The summed E-state index contributed by atoms with van der Waals surface area (Å²) in [6.45, 7) is 9.09. The molecule has 0 amide bonds. The van der Waals surface area contributed by atoms with Crippen molar-refractivity contribution >= 4 is 12.4 Å². The van der Waals surface area contributed by atoms with Gasteiger partial charge in [0.15, 0.2) is 0 Å². The number of rotatable bonds is 6. The quantitative estimate of drug-likeness (QED) is 0.854. The first kappa shape index (κ1) is 21.4. The molecule has 2 heterocycles. The van der Waals surface area contributed by atoms with Crippen LogP contribution in [0, 0.1) is 0 Å². The number of hydrogen-bond acceptors (Lipinski definition) is 4. The SMILES string of the molecule is CCN(CC)CCNC1c2ccccc2OCc2ncccc21.Cl.O. The van der Waals surface area contributed by atoms with Gasteiger partial charge in [0, 0.05) is 24.8 Å². The second-order valence-electron chi connectivity index (χ2n) is 5.78.